The second kappa shape index (κ2) is 4.06. The van der Waals surface area contributed by atoms with E-state index in [0.29, 0.717) is 5.75 Å². The lowest BCUT2D eigenvalue weighted by molar-refractivity contribution is 0.452. The number of phenols is 1. The van der Waals surface area contributed by atoms with Gasteiger partial charge in [0, 0.05) is 10.9 Å². The molecular formula is C16H20O. The van der Waals surface area contributed by atoms with Gasteiger partial charge in [-0.25, -0.2) is 0 Å². The Labute approximate surface area is 103 Å². The van der Waals surface area contributed by atoms with Crippen LogP contribution in [0.25, 0.3) is 10.8 Å². The molecule has 0 bridgehead atoms. The Morgan fingerprint density at radius 1 is 1.06 bits per heavy atom. The molecule has 17 heavy (non-hydrogen) atoms. The van der Waals surface area contributed by atoms with Crippen LogP contribution in [0.5, 0.6) is 5.75 Å². The molecule has 0 unspecified atom stereocenters. The lowest BCUT2D eigenvalue weighted by Gasteiger charge is -2.23. The average molecular weight is 228 g/mol. The maximum absolute atomic E-state index is 10.4. The molecule has 0 saturated heterocycles. The van der Waals surface area contributed by atoms with Gasteiger partial charge in [0.25, 0.3) is 0 Å². The van der Waals surface area contributed by atoms with E-state index in [1.165, 1.54) is 10.9 Å². The first-order chi connectivity index (χ1) is 7.95. The number of fused-ring (bicyclic) bond motifs is 1. The Balaban J connectivity index is 2.85. The van der Waals surface area contributed by atoms with E-state index in [1.54, 1.807) is 0 Å². The third-order valence-electron chi connectivity index (χ3n) is 3.29. The Morgan fingerprint density at radius 2 is 1.65 bits per heavy atom. The van der Waals surface area contributed by atoms with Gasteiger partial charge in [0.05, 0.1) is 0 Å². The Hall–Kier alpha value is -1.50. The van der Waals surface area contributed by atoms with E-state index in [1.807, 2.05) is 18.2 Å². The molecule has 0 saturated carbocycles. The van der Waals surface area contributed by atoms with Crippen LogP contribution in [-0.4, -0.2) is 5.11 Å². The third-order valence-corrected chi connectivity index (χ3v) is 3.29. The summed E-state index contributed by atoms with van der Waals surface area (Å²) in [5.74, 6) is 0.435. The molecule has 0 aliphatic rings. The van der Waals surface area contributed by atoms with Crippen LogP contribution in [0, 0.1) is 0 Å². The van der Waals surface area contributed by atoms with E-state index in [4.69, 9.17) is 0 Å². The quantitative estimate of drug-likeness (QED) is 0.766. The van der Waals surface area contributed by atoms with Crippen molar-refractivity contribution in [1.29, 1.82) is 0 Å². The minimum absolute atomic E-state index is 0.0297. The monoisotopic (exact) mass is 228 g/mol. The maximum Gasteiger partial charge on any atom is 0.127 e. The second-order valence-corrected chi connectivity index (χ2v) is 5.58. The van der Waals surface area contributed by atoms with E-state index in [-0.39, 0.29) is 5.41 Å². The number of aryl methyl sites for hydroxylation is 1. The number of benzene rings is 2. The van der Waals surface area contributed by atoms with Gasteiger partial charge < -0.3 is 5.11 Å². The first-order valence-electron chi connectivity index (χ1n) is 6.19. The number of rotatable bonds is 1. The largest absolute Gasteiger partial charge is 0.507 e. The zero-order chi connectivity index (χ0) is 12.6. The van der Waals surface area contributed by atoms with Gasteiger partial charge in [0.2, 0.25) is 0 Å². The fourth-order valence-corrected chi connectivity index (χ4v) is 2.30. The van der Waals surface area contributed by atoms with E-state index < -0.39 is 0 Å². The summed E-state index contributed by atoms with van der Waals surface area (Å²) in [6, 6.07) is 10.2. The molecule has 2 rings (SSSR count). The molecule has 90 valence electrons. The van der Waals surface area contributed by atoms with Crippen LogP contribution in [-0.2, 0) is 11.8 Å². The first kappa shape index (κ1) is 12.0. The predicted molar refractivity (Wildman–Crippen MR) is 73.7 cm³/mol. The molecule has 1 N–H and O–H groups in total. The van der Waals surface area contributed by atoms with Crippen LogP contribution in [0.15, 0.2) is 30.3 Å². The fraction of sp³-hybridized carbons (Fsp3) is 0.375. The minimum Gasteiger partial charge on any atom is -0.507 e. The number of aromatic hydroxyl groups is 1. The summed E-state index contributed by atoms with van der Waals surface area (Å²) in [7, 11) is 0. The summed E-state index contributed by atoms with van der Waals surface area (Å²) >= 11 is 0. The van der Waals surface area contributed by atoms with Gasteiger partial charge in [-0.2, -0.15) is 0 Å². The van der Waals surface area contributed by atoms with Crippen LogP contribution in [0.1, 0.15) is 38.8 Å². The molecule has 0 fully saturated rings. The molecule has 2 aromatic rings. The van der Waals surface area contributed by atoms with E-state index in [9.17, 15) is 5.11 Å². The molecule has 0 radical (unpaired) electrons. The van der Waals surface area contributed by atoms with Crippen LogP contribution < -0.4 is 0 Å². The summed E-state index contributed by atoms with van der Waals surface area (Å²) in [4.78, 5) is 0. The van der Waals surface area contributed by atoms with Crippen molar-refractivity contribution in [2.24, 2.45) is 0 Å². The molecule has 0 heterocycles. The van der Waals surface area contributed by atoms with Crippen molar-refractivity contribution >= 4 is 10.8 Å². The standard InChI is InChI=1S/C16H20O/c1-5-11-10-14(16(2,3)4)15(17)13-9-7-6-8-12(11)13/h6-10,17H,5H2,1-4H3. The van der Waals surface area contributed by atoms with Gasteiger partial charge in [-0.3, -0.25) is 0 Å². The van der Waals surface area contributed by atoms with Crippen molar-refractivity contribution in [1.82, 2.24) is 0 Å². The average Bonchev–Trinajstić information content (AvgIpc) is 2.28. The summed E-state index contributed by atoms with van der Waals surface area (Å²) in [6.45, 7) is 8.56. The molecule has 0 atom stereocenters. The minimum atomic E-state index is -0.0297. The third kappa shape index (κ3) is 2.02. The topological polar surface area (TPSA) is 20.2 Å². The van der Waals surface area contributed by atoms with Gasteiger partial charge in [-0.05, 0) is 22.8 Å². The lowest BCUT2D eigenvalue weighted by Crippen LogP contribution is -2.12. The Kier molecular flexibility index (Phi) is 2.86. The molecule has 0 aliphatic heterocycles. The van der Waals surface area contributed by atoms with E-state index in [2.05, 4.69) is 39.8 Å². The van der Waals surface area contributed by atoms with Gasteiger partial charge in [-0.15, -0.1) is 0 Å². The fourth-order valence-electron chi connectivity index (χ4n) is 2.30. The van der Waals surface area contributed by atoms with Crippen LogP contribution in [0.2, 0.25) is 0 Å². The molecule has 0 aromatic heterocycles. The zero-order valence-corrected chi connectivity index (χ0v) is 11.0. The summed E-state index contributed by atoms with van der Waals surface area (Å²) < 4.78 is 0. The van der Waals surface area contributed by atoms with Crippen molar-refractivity contribution in [3.05, 3.63) is 41.5 Å². The summed E-state index contributed by atoms with van der Waals surface area (Å²) in [6.07, 6.45) is 0.990. The summed E-state index contributed by atoms with van der Waals surface area (Å²) in [5, 5.41) is 12.5. The van der Waals surface area contributed by atoms with Crippen LogP contribution >= 0.6 is 0 Å². The predicted octanol–water partition coefficient (Wildman–Crippen LogP) is 4.41. The molecule has 0 aliphatic carbocycles. The van der Waals surface area contributed by atoms with Crippen molar-refractivity contribution in [3.8, 4) is 5.75 Å². The zero-order valence-electron chi connectivity index (χ0n) is 11.0. The highest BCUT2D eigenvalue weighted by Crippen LogP contribution is 2.38. The van der Waals surface area contributed by atoms with Gasteiger partial charge >= 0.3 is 0 Å². The van der Waals surface area contributed by atoms with Gasteiger partial charge in [0.15, 0.2) is 0 Å². The SMILES string of the molecule is CCc1cc(C(C)(C)C)c(O)c2ccccc12. The molecular weight excluding hydrogens is 208 g/mol. The second-order valence-electron chi connectivity index (χ2n) is 5.58. The van der Waals surface area contributed by atoms with Crippen molar-refractivity contribution in [3.63, 3.8) is 0 Å². The number of hydrogen-bond acceptors (Lipinski definition) is 1. The Morgan fingerprint density at radius 3 is 2.18 bits per heavy atom. The smallest absolute Gasteiger partial charge is 0.127 e. The maximum atomic E-state index is 10.4. The van der Waals surface area contributed by atoms with Crippen LogP contribution in [0.3, 0.4) is 0 Å². The van der Waals surface area contributed by atoms with Gasteiger partial charge in [-0.1, -0.05) is 58.0 Å². The van der Waals surface area contributed by atoms with Crippen molar-refractivity contribution in [2.75, 3.05) is 0 Å². The molecule has 2 aromatic carbocycles. The van der Waals surface area contributed by atoms with Crippen LogP contribution in [0.4, 0.5) is 0 Å². The number of phenolic OH excluding ortho intramolecular Hbond substituents is 1. The number of hydrogen-bond donors (Lipinski definition) is 1. The van der Waals surface area contributed by atoms with E-state index >= 15 is 0 Å². The van der Waals surface area contributed by atoms with E-state index in [0.717, 1.165) is 17.4 Å². The van der Waals surface area contributed by atoms with Gasteiger partial charge in [0.1, 0.15) is 5.75 Å². The highest BCUT2D eigenvalue weighted by molar-refractivity contribution is 5.92. The van der Waals surface area contributed by atoms with Crippen molar-refractivity contribution < 1.29 is 5.11 Å². The normalized spacial score (nSPS) is 12.0. The summed E-state index contributed by atoms with van der Waals surface area (Å²) in [5.41, 5.74) is 2.31. The Bertz CT molecular complexity index is 547. The highest BCUT2D eigenvalue weighted by Gasteiger charge is 2.20. The van der Waals surface area contributed by atoms with Crippen molar-refractivity contribution in [2.45, 2.75) is 39.5 Å². The molecule has 0 amide bonds. The molecule has 1 nitrogen and oxygen atoms in total. The lowest BCUT2D eigenvalue weighted by atomic mass is 9.83. The molecule has 1 heteroatoms. The molecule has 0 spiro atoms. The highest BCUT2D eigenvalue weighted by atomic mass is 16.3. The first-order valence-corrected chi connectivity index (χ1v) is 6.19.